The minimum Gasteiger partial charge on any atom is -0.483 e. The fourth-order valence-corrected chi connectivity index (χ4v) is 12.3. The van der Waals surface area contributed by atoms with E-state index in [1.165, 1.54) is 73.9 Å². The largest absolute Gasteiger partial charge is 0.483 e. The molecule has 0 amide bonds. The fourth-order valence-electron chi connectivity index (χ4n) is 10.8. The summed E-state index contributed by atoms with van der Waals surface area (Å²) >= 11 is 6.15. The van der Waals surface area contributed by atoms with Gasteiger partial charge >= 0.3 is 5.97 Å². The Balaban J connectivity index is 1.66. The highest BCUT2D eigenvalue weighted by Crippen LogP contribution is 2.44. The first-order valence-corrected chi connectivity index (χ1v) is 27.2. The second kappa shape index (κ2) is 24.6. The summed E-state index contributed by atoms with van der Waals surface area (Å²) in [5, 5.41) is 55.6. The molecule has 0 aromatic heterocycles. The van der Waals surface area contributed by atoms with Gasteiger partial charge in [-0.05, 0) is 142 Å². The van der Waals surface area contributed by atoms with Gasteiger partial charge in [-0.1, -0.05) is 39.3 Å². The molecule has 5 rings (SSSR count). The molecular formula is C52H83ClFN3O14S. The van der Waals surface area contributed by atoms with Gasteiger partial charge in [0.15, 0.2) is 18.7 Å². The number of halogens is 2. The van der Waals surface area contributed by atoms with E-state index in [0.29, 0.717) is 11.6 Å². The molecule has 410 valence electrons. The molecule has 0 spiro atoms. The van der Waals surface area contributed by atoms with Gasteiger partial charge in [0.05, 0.1) is 46.9 Å². The number of hydrogen-bond acceptors (Lipinski definition) is 16. The molecule has 0 bridgehead atoms. The van der Waals surface area contributed by atoms with Crippen molar-refractivity contribution >= 4 is 27.6 Å². The van der Waals surface area contributed by atoms with Crippen LogP contribution in [0.2, 0.25) is 5.02 Å². The number of methoxy groups -OCH3 is 1. The Morgan fingerprint density at radius 3 is 2.17 bits per heavy atom. The topological polar surface area (TPSA) is 224 Å². The van der Waals surface area contributed by atoms with Crippen LogP contribution >= 0.6 is 11.6 Å². The number of ether oxygens (including phenoxy) is 7. The van der Waals surface area contributed by atoms with Crippen LogP contribution in [0.4, 0.5) is 4.39 Å². The van der Waals surface area contributed by atoms with Crippen molar-refractivity contribution in [2.24, 2.45) is 17.8 Å². The van der Waals surface area contributed by atoms with Crippen LogP contribution in [0, 0.1) is 23.6 Å². The number of carbonyl (C=O) groups excluding carboxylic acids is 1. The van der Waals surface area contributed by atoms with Crippen molar-refractivity contribution in [2.45, 2.75) is 203 Å². The lowest BCUT2D eigenvalue weighted by atomic mass is 9.75. The lowest BCUT2D eigenvalue weighted by Crippen LogP contribution is -2.70. The zero-order valence-electron chi connectivity index (χ0n) is 44.3. The molecule has 1 unspecified atom stereocenters. The van der Waals surface area contributed by atoms with E-state index in [1.54, 1.807) is 55.4 Å². The summed E-state index contributed by atoms with van der Waals surface area (Å²) in [4.78, 5) is 14.7. The quantitative estimate of drug-likeness (QED) is 0.0948. The zero-order chi connectivity index (χ0) is 53.7. The highest BCUT2D eigenvalue weighted by molar-refractivity contribution is 7.89. The molecule has 3 aliphatic heterocycles. The molecule has 20 heteroatoms. The van der Waals surface area contributed by atoms with Gasteiger partial charge in [0, 0.05) is 44.1 Å². The van der Waals surface area contributed by atoms with Gasteiger partial charge in [-0.25, -0.2) is 12.8 Å². The lowest BCUT2D eigenvalue weighted by Gasteiger charge is -2.53. The Morgan fingerprint density at radius 2 is 1.57 bits per heavy atom. The van der Waals surface area contributed by atoms with Crippen molar-refractivity contribution in [1.29, 1.82) is 0 Å². The number of hydrogen-bond donors (Lipinski definition) is 6. The van der Waals surface area contributed by atoms with Crippen LogP contribution in [0.1, 0.15) is 108 Å². The van der Waals surface area contributed by atoms with Crippen LogP contribution in [0.15, 0.2) is 53.4 Å². The highest BCUT2D eigenvalue weighted by atomic mass is 35.5. The van der Waals surface area contributed by atoms with Gasteiger partial charge in [-0.2, -0.15) is 4.31 Å². The van der Waals surface area contributed by atoms with E-state index in [4.69, 9.17) is 44.8 Å². The molecule has 3 saturated heterocycles. The summed E-state index contributed by atoms with van der Waals surface area (Å²) in [7, 11) is -1.30. The molecule has 2 aromatic rings. The van der Waals surface area contributed by atoms with Gasteiger partial charge in [-0.3, -0.25) is 4.79 Å². The Hall–Kier alpha value is -2.60. The van der Waals surface area contributed by atoms with Gasteiger partial charge in [0.25, 0.3) is 0 Å². The average molecular weight is 1060 g/mol. The molecule has 0 aliphatic carbocycles. The van der Waals surface area contributed by atoms with E-state index in [9.17, 15) is 38.0 Å². The second-order valence-electron chi connectivity index (χ2n) is 21.3. The van der Waals surface area contributed by atoms with Gasteiger partial charge in [-0.15, -0.1) is 0 Å². The predicted molar refractivity (Wildman–Crippen MR) is 269 cm³/mol. The first-order chi connectivity index (χ1) is 33.6. The van der Waals surface area contributed by atoms with E-state index >= 15 is 0 Å². The van der Waals surface area contributed by atoms with E-state index in [-0.39, 0.29) is 55.3 Å². The van der Waals surface area contributed by atoms with Crippen molar-refractivity contribution in [3.05, 3.63) is 59.4 Å². The number of esters is 1. The van der Waals surface area contributed by atoms with Crippen LogP contribution in [0.3, 0.4) is 0 Å². The zero-order valence-corrected chi connectivity index (χ0v) is 45.9. The van der Waals surface area contributed by atoms with Crippen molar-refractivity contribution in [3.8, 4) is 5.75 Å². The minimum atomic E-state index is -4.22. The molecule has 3 heterocycles. The number of likely N-dealkylation sites (N-methyl/N-ethyl adjacent to an activating group) is 1. The normalized spacial score (nSPS) is 40.0. The van der Waals surface area contributed by atoms with Crippen LogP contribution < -0.4 is 15.4 Å². The molecule has 18 atom stereocenters. The van der Waals surface area contributed by atoms with E-state index < -0.39 is 123 Å². The summed E-state index contributed by atoms with van der Waals surface area (Å²) in [5.41, 5.74) is -6.46. The minimum absolute atomic E-state index is 0.00290. The van der Waals surface area contributed by atoms with Crippen LogP contribution in [-0.2, 0) is 43.2 Å². The number of nitrogens with zero attached hydrogens (tertiary/aromatic N) is 1. The molecule has 72 heavy (non-hydrogen) atoms. The third-order valence-corrected chi connectivity index (χ3v) is 17.5. The number of sulfonamides is 1. The van der Waals surface area contributed by atoms with Crippen LogP contribution in [0.5, 0.6) is 5.75 Å². The summed E-state index contributed by atoms with van der Waals surface area (Å²) in [5.74, 6) is -3.60. The maximum atomic E-state index is 14.7. The molecular weight excluding hydrogens is 977 g/mol. The van der Waals surface area contributed by atoms with E-state index in [0.717, 1.165) is 6.42 Å². The number of aliphatic hydroxyl groups excluding tert-OH is 1. The first kappa shape index (κ1) is 60.3. The first-order valence-electron chi connectivity index (χ1n) is 25.4. The lowest BCUT2D eigenvalue weighted by molar-refractivity contribution is -0.335. The number of aliphatic hydroxyl groups is 4. The maximum absolute atomic E-state index is 14.7. The molecule has 0 saturated carbocycles. The Bertz CT molecular complexity index is 2160. The number of carbonyl (C=O) groups is 1. The van der Waals surface area contributed by atoms with Crippen molar-refractivity contribution in [2.75, 3.05) is 33.8 Å². The maximum Gasteiger partial charge on any atom is 0.311 e. The standard InChI is InChI=1S/C52H83ClFN3O14S/c1-14-24-55-29-52(62)35(8)67-42(27-50(52,10)65-13)70-43-32(5)46(49(9,60)26-30(3)28-56-34(7)45(58)51(11,61)41(15-2)69-47(59)33(43)6)71-48-44(68-38-20-18-37(54)19-21-38)40(25-31(4)66-48)57(12)72(63,64)39-22-16-36(53)17-23-39/h16-23,30-35,40-46,48,55-56,58,60-62H,14-15,24-29H2,1-13H3/t30-,31-,32+,33-,34-,35+,40+,41-,42?,43+,44-,45-,46-,48+,49-,50-,51-,52+/m1/s1. The summed E-state index contributed by atoms with van der Waals surface area (Å²) in [6.45, 7) is 20.0. The SMILES string of the molecule is CCCNC[C@]1(O)[C@H](C)OC(O[C@H]2[C@H](C)[C@@H](O[C@@H]3O[C@H](C)C[C@H](N(C)S(=O)(=O)c4ccc(Cl)cc4)[C@H]3Oc3ccc(F)cc3)[C@](C)(O)C[C@@H](C)CN[C@H](C)[C@@H](O)[C@](C)(O)[C@@H](CC)OC(=O)[C@@H]2C)C[C@@]1(C)OC. The van der Waals surface area contributed by atoms with Gasteiger partial charge in [0.2, 0.25) is 10.0 Å². The third-order valence-electron chi connectivity index (χ3n) is 15.4. The summed E-state index contributed by atoms with van der Waals surface area (Å²) in [6, 6.07) is 9.32. The number of cyclic esters (lactones) is 1. The van der Waals surface area contributed by atoms with Gasteiger partial charge in [0.1, 0.15) is 40.6 Å². The number of rotatable bonds is 15. The Labute approximate surface area is 431 Å². The molecule has 3 aliphatic rings. The highest BCUT2D eigenvalue weighted by Gasteiger charge is 2.59. The van der Waals surface area contributed by atoms with Gasteiger partial charge < -0.3 is 64.2 Å². The summed E-state index contributed by atoms with van der Waals surface area (Å²) < 4.78 is 90.3. The van der Waals surface area contributed by atoms with Crippen molar-refractivity contribution in [3.63, 3.8) is 0 Å². The molecule has 0 radical (unpaired) electrons. The molecule has 3 fully saturated rings. The molecule has 6 N–H and O–H groups in total. The number of nitrogens with one attached hydrogen (secondary N) is 2. The molecule has 17 nitrogen and oxygen atoms in total. The Morgan fingerprint density at radius 1 is 0.931 bits per heavy atom. The van der Waals surface area contributed by atoms with E-state index in [2.05, 4.69) is 10.6 Å². The average Bonchev–Trinajstić information content (AvgIpc) is 3.32. The Kier molecular flexibility index (Phi) is 20.6. The molecule has 2 aromatic carbocycles. The predicted octanol–water partition coefficient (Wildman–Crippen LogP) is 5.57. The monoisotopic (exact) mass is 1060 g/mol. The second-order valence-corrected chi connectivity index (χ2v) is 23.7. The number of benzene rings is 2. The smallest absolute Gasteiger partial charge is 0.311 e. The van der Waals surface area contributed by atoms with Crippen molar-refractivity contribution in [1.82, 2.24) is 14.9 Å². The van der Waals surface area contributed by atoms with Crippen LogP contribution in [-0.4, -0.2) is 163 Å². The summed E-state index contributed by atoms with van der Waals surface area (Å²) in [6.07, 6.45) is -9.23. The van der Waals surface area contributed by atoms with Crippen molar-refractivity contribution < 1.29 is 71.2 Å². The van der Waals surface area contributed by atoms with Crippen LogP contribution in [0.25, 0.3) is 0 Å². The van der Waals surface area contributed by atoms with E-state index in [1.807, 2.05) is 13.8 Å². The fraction of sp³-hybridized carbons (Fsp3) is 0.750. The third kappa shape index (κ3) is 13.5.